The van der Waals surface area contributed by atoms with Crippen molar-refractivity contribution in [3.8, 4) is 0 Å². The molecule has 8 heteroatoms. The van der Waals surface area contributed by atoms with Crippen molar-refractivity contribution in [1.82, 2.24) is 19.6 Å². The Morgan fingerprint density at radius 2 is 1.91 bits per heavy atom. The molecule has 0 aromatic carbocycles. The summed E-state index contributed by atoms with van der Waals surface area (Å²) in [7, 11) is 3.91. The molecule has 2 rings (SSSR count). The number of nitrogens with zero attached hydrogens (tertiary/aromatic N) is 4. The van der Waals surface area contributed by atoms with Gasteiger partial charge in [-0.3, -0.25) is 9.48 Å². The van der Waals surface area contributed by atoms with Gasteiger partial charge in [0.05, 0.1) is 17.5 Å². The third-order valence-corrected chi connectivity index (χ3v) is 6.35. The van der Waals surface area contributed by atoms with Gasteiger partial charge in [-0.05, 0) is 59.3 Å². The number of nitrogens with two attached hydrogens (primary N) is 1. The molecule has 1 aromatic heterocycles. The molecule has 0 spiro atoms. The monoisotopic (exact) mass is 481 g/mol. The fraction of sp³-hybridized carbons (Fsp3) is 0.720. The number of rotatable bonds is 10. The van der Waals surface area contributed by atoms with Crippen LogP contribution in [0.5, 0.6) is 0 Å². The third-order valence-electron chi connectivity index (χ3n) is 5.27. The van der Waals surface area contributed by atoms with Crippen LogP contribution in [0.15, 0.2) is 17.6 Å². The van der Waals surface area contributed by atoms with E-state index in [-0.39, 0.29) is 11.2 Å². The molecule has 0 saturated heterocycles. The molecule has 0 bridgehead atoms. The second kappa shape index (κ2) is 16.9. The van der Waals surface area contributed by atoms with Gasteiger partial charge in [-0.1, -0.05) is 46.1 Å². The van der Waals surface area contributed by atoms with E-state index in [0.717, 1.165) is 18.5 Å². The van der Waals surface area contributed by atoms with Crippen LogP contribution < -0.4 is 5.73 Å². The lowest BCUT2D eigenvalue weighted by molar-refractivity contribution is -0.118. The molecule has 190 valence electrons. The second-order valence-electron chi connectivity index (χ2n) is 8.74. The van der Waals surface area contributed by atoms with Crippen LogP contribution in [0, 0.1) is 0 Å². The van der Waals surface area contributed by atoms with Gasteiger partial charge >= 0.3 is 0 Å². The van der Waals surface area contributed by atoms with E-state index >= 15 is 0 Å². The number of allylic oxidation sites excluding steroid dienone is 1. The van der Waals surface area contributed by atoms with Crippen molar-refractivity contribution in [3.05, 3.63) is 28.9 Å². The molecule has 1 amide bonds. The van der Waals surface area contributed by atoms with Crippen molar-refractivity contribution in [3.63, 3.8) is 0 Å². The number of aldehydes is 1. The third kappa shape index (κ3) is 10.4. The van der Waals surface area contributed by atoms with Gasteiger partial charge in [0.25, 0.3) is 5.91 Å². The smallest absolute Gasteiger partial charge is 0.273 e. The van der Waals surface area contributed by atoms with E-state index in [9.17, 15) is 9.59 Å². The molecule has 33 heavy (non-hydrogen) atoms. The zero-order chi connectivity index (χ0) is 25.4. The maximum atomic E-state index is 12.9. The van der Waals surface area contributed by atoms with E-state index in [1.54, 1.807) is 28.3 Å². The van der Waals surface area contributed by atoms with Crippen molar-refractivity contribution >= 4 is 24.0 Å². The molecule has 0 radical (unpaired) electrons. The Morgan fingerprint density at radius 1 is 1.27 bits per heavy atom. The first-order valence-electron chi connectivity index (χ1n) is 12.1. The van der Waals surface area contributed by atoms with Crippen LogP contribution in [-0.4, -0.2) is 71.0 Å². The lowest BCUT2D eigenvalue weighted by atomic mass is 9.98. The number of fused-ring (bicyclic) bond motifs is 1. The fourth-order valence-corrected chi connectivity index (χ4v) is 3.56. The number of amides is 1. The van der Waals surface area contributed by atoms with Gasteiger partial charge in [0.15, 0.2) is 0 Å². The second-order valence-corrected chi connectivity index (χ2v) is 9.99. The van der Waals surface area contributed by atoms with E-state index in [4.69, 9.17) is 5.73 Å². The largest absolute Gasteiger partial charge is 0.330 e. The van der Waals surface area contributed by atoms with Gasteiger partial charge in [0.1, 0.15) is 17.5 Å². The van der Waals surface area contributed by atoms with E-state index in [2.05, 4.69) is 32.8 Å². The highest BCUT2D eigenvalue weighted by Crippen LogP contribution is 2.32. The number of thioether (sulfide) groups is 1. The highest BCUT2D eigenvalue weighted by Gasteiger charge is 2.42. The van der Waals surface area contributed by atoms with E-state index < -0.39 is 5.54 Å². The summed E-state index contributed by atoms with van der Waals surface area (Å²) in [5, 5.41) is 6.75. The average molecular weight is 482 g/mol. The number of unbranched alkanes of at least 4 members (excludes halogenated alkanes) is 2. The molecule has 1 aromatic rings. The first kappa shape index (κ1) is 31.4. The zero-order valence-corrected chi connectivity index (χ0v) is 23.0. The van der Waals surface area contributed by atoms with Crippen molar-refractivity contribution in [2.24, 2.45) is 5.73 Å². The first-order valence-corrected chi connectivity index (χ1v) is 13.1. The quantitative estimate of drug-likeness (QED) is 0.486. The summed E-state index contributed by atoms with van der Waals surface area (Å²) in [5.41, 5.74) is 5.71. The molecular weight excluding hydrogens is 434 g/mol. The summed E-state index contributed by atoms with van der Waals surface area (Å²) in [6, 6.07) is 1.86. The maximum absolute atomic E-state index is 12.9. The lowest BCUT2D eigenvalue weighted by Gasteiger charge is -2.41. The van der Waals surface area contributed by atoms with Crippen LogP contribution in [0.25, 0.3) is 0 Å². The molecule has 1 aliphatic heterocycles. The van der Waals surface area contributed by atoms with Gasteiger partial charge in [-0.15, -0.1) is 11.8 Å². The molecule has 0 fully saturated rings. The Bertz CT molecular complexity index is 716. The molecule has 2 atom stereocenters. The van der Waals surface area contributed by atoms with Crippen LogP contribution in [0.1, 0.15) is 88.7 Å². The average Bonchev–Trinajstić information content (AvgIpc) is 3.22. The minimum Gasteiger partial charge on any atom is -0.330 e. The fourth-order valence-electron chi connectivity index (χ4n) is 2.91. The van der Waals surface area contributed by atoms with E-state index in [1.165, 1.54) is 25.7 Å². The van der Waals surface area contributed by atoms with Gasteiger partial charge in [0.2, 0.25) is 0 Å². The van der Waals surface area contributed by atoms with E-state index in [1.807, 2.05) is 43.5 Å². The van der Waals surface area contributed by atoms with Gasteiger partial charge < -0.3 is 20.3 Å². The lowest BCUT2D eigenvalue weighted by Crippen LogP contribution is -2.59. The number of carbonyl (C=O) groups excluding carboxylic acids is 2. The predicted molar refractivity (Wildman–Crippen MR) is 142 cm³/mol. The Balaban J connectivity index is 0.000000968. The van der Waals surface area contributed by atoms with Crippen molar-refractivity contribution in [2.45, 2.75) is 84.6 Å². The van der Waals surface area contributed by atoms with Crippen LogP contribution in [0.4, 0.5) is 0 Å². The van der Waals surface area contributed by atoms with Crippen molar-refractivity contribution < 1.29 is 9.59 Å². The van der Waals surface area contributed by atoms with Crippen molar-refractivity contribution in [2.75, 3.05) is 33.7 Å². The van der Waals surface area contributed by atoms with Crippen LogP contribution in [-0.2, 0) is 11.3 Å². The number of hydrogen-bond acceptors (Lipinski definition) is 6. The summed E-state index contributed by atoms with van der Waals surface area (Å²) in [6.07, 6.45) is 7.87. The molecule has 1 aliphatic rings. The van der Waals surface area contributed by atoms with Crippen LogP contribution in [0.3, 0.4) is 0 Å². The molecular formula is C25H47N5O2S. The maximum Gasteiger partial charge on any atom is 0.273 e. The normalized spacial score (nSPS) is 18.4. The summed E-state index contributed by atoms with van der Waals surface area (Å²) < 4.78 is 1.69. The number of likely N-dealkylation sites (N-methyl/N-ethyl adjacent to an activating group) is 1. The summed E-state index contributed by atoms with van der Waals surface area (Å²) in [4.78, 5) is 28.3. The van der Waals surface area contributed by atoms with E-state index in [0.29, 0.717) is 25.3 Å². The number of aromatic nitrogens is 2. The Hall–Kier alpha value is -1.64. The molecule has 0 saturated carbocycles. The van der Waals surface area contributed by atoms with Crippen molar-refractivity contribution in [1.29, 1.82) is 0 Å². The predicted octanol–water partition coefficient (Wildman–Crippen LogP) is 4.74. The summed E-state index contributed by atoms with van der Waals surface area (Å²) in [6.45, 7) is 14.8. The molecule has 0 aliphatic carbocycles. The minimum atomic E-state index is -0.858. The van der Waals surface area contributed by atoms with Gasteiger partial charge in [-0.2, -0.15) is 5.10 Å². The van der Waals surface area contributed by atoms with Gasteiger partial charge in [0, 0.05) is 13.1 Å². The zero-order valence-electron chi connectivity index (χ0n) is 22.1. The Labute approximate surface area is 206 Å². The molecule has 2 heterocycles. The number of hydrogen-bond donors (Lipinski definition) is 1. The van der Waals surface area contributed by atoms with Crippen LogP contribution >= 0.6 is 11.8 Å². The minimum absolute atomic E-state index is 0.125. The molecule has 7 nitrogen and oxygen atoms in total. The first-order chi connectivity index (χ1) is 15.6. The molecule has 2 N–H and O–H groups in total. The highest BCUT2D eigenvalue weighted by atomic mass is 32.2. The van der Waals surface area contributed by atoms with Crippen LogP contribution in [0.2, 0.25) is 0 Å². The summed E-state index contributed by atoms with van der Waals surface area (Å²) >= 11 is 1.66. The Kier molecular flexibility index (Phi) is 16.1. The number of carbonyl (C=O) groups is 2. The van der Waals surface area contributed by atoms with Gasteiger partial charge in [-0.25, -0.2) is 0 Å². The summed E-state index contributed by atoms with van der Waals surface area (Å²) in [5.74, 6) is -0.125. The standard InChI is InChI=1S/C17H26N4O2S.C4H11N.C4H10/c1-6-9-24-13(2)14-10-15-16(23)20(8-7-19(4)5)17(3,12-22)11-21(15)18-14;1-2-3-4-5;1-3-4-2/h6,9-10,12-13H,7-8,11H2,1-5H3;2-5H2,1H3;3-4H2,1-2H3/b9-6-;;. The molecule has 2 unspecified atom stereocenters. The SMILES string of the molecule is C/C=C\SC(C)c1cc2n(n1)CC(C)(C=O)N(CCN(C)C)C2=O.CCCC.CCCCN. The topological polar surface area (TPSA) is 84.5 Å². The Morgan fingerprint density at radius 3 is 2.33 bits per heavy atom. The highest BCUT2D eigenvalue weighted by molar-refractivity contribution is 8.02.